The van der Waals surface area contributed by atoms with Crippen molar-refractivity contribution < 1.29 is 13.2 Å². The van der Waals surface area contributed by atoms with Gasteiger partial charge in [-0.25, -0.2) is 13.6 Å². The molecule has 0 aromatic heterocycles. The van der Waals surface area contributed by atoms with Crippen molar-refractivity contribution >= 4 is 21.2 Å². The predicted molar refractivity (Wildman–Crippen MR) is 108 cm³/mol. The molecular weight excluding hydrogens is 358 g/mol. The molecule has 2 aromatic rings. The van der Waals surface area contributed by atoms with E-state index in [0.717, 1.165) is 24.2 Å². The molecule has 0 atom stereocenters. The Bertz CT molecular complexity index is 967. The second kappa shape index (κ2) is 6.80. The first-order chi connectivity index (χ1) is 12.9. The minimum atomic E-state index is -3.67. The first-order valence-electron chi connectivity index (χ1n) is 9.40. The number of hydrogen-bond donors (Lipinski definition) is 1. The highest BCUT2D eigenvalue weighted by Gasteiger charge is 2.41. The average Bonchev–Trinajstić information content (AvgIpc) is 3.28. The largest absolute Gasteiger partial charge is 0.497 e. The third-order valence-corrected chi connectivity index (χ3v) is 7.03. The van der Waals surface area contributed by atoms with Crippen LogP contribution in [0.4, 0.5) is 0 Å². The van der Waals surface area contributed by atoms with Gasteiger partial charge in [0.05, 0.1) is 12.0 Å². The Kier molecular flexibility index (Phi) is 4.60. The van der Waals surface area contributed by atoms with Gasteiger partial charge < -0.3 is 4.74 Å². The lowest BCUT2D eigenvalue weighted by molar-refractivity contribution is 0.330. The molecule has 1 fully saturated rings. The van der Waals surface area contributed by atoms with Gasteiger partial charge >= 0.3 is 0 Å². The summed E-state index contributed by atoms with van der Waals surface area (Å²) in [6.07, 6.45) is 7.28. The summed E-state index contributed by atoms with van der Waals surface area (Å²) in [7, 11) is -1.99. The summed E-state index contributed by atoms with van der Waals surface area (Å²) in [5.41, 5.74) is 5.40. The van der Waals surface area contributed by atoms with Crippen LogP contribution in [-0.2, 0) is 10.0 Å². The molecule has 0 radical (unpaired) electrons. The fourth-order valence-electron chi connectivity index (χ4n) is 4.70. The van der Waals surface area contributed by atoms with Crippen molar-refractivity contribution in [2.75, 3.05) is 7.11 Å². The van der Waals surface area contributed by atoms with Gasteiger partial charge in [0, 0.05) is 0 Å². The zero-order chi connectivity index (χ0) is 19.1. The predicted octanol–water partition coefficient (Wildman–Crippen LogP) is 4.61. The van der Waals surface area contributed by atoms with Crippen LogP contribution < -0.4 is 9.88 Å². The van der Waals surface area contributed by atoms with E-state index in [1.807, 2.05) is 24.3 Å². The average molecular weight is 384 g/mol. The normalized spacial score (nSPS) is 19.0. The van der Waals surface area contributed by atoms with Crippen LogP contribution >= 0.6 is 0 Å². The molecule has 0 heterocycles. The second-order valence-corrected chi connectivity index (χ2v) is 9.38. The summed E-state index contributed by atoms with van der Waals surface area (Å²) in [6.45, 7) is 0. The van der Waals surface area contributed by atoms with Crippen molar-refractivity contribution in [2.45, 2.75) is 43.4 Å². The number of ether oxygens (including phenoxy) is 1. The Labute approximate surface area is 161 Å². The van der Waals surface area contributed by atoms with Crippen LogP contribution in [0.2, 0.25) is 0 Å². The summed E-state index contributed by atoms with van der Waals surface area (Å²) in [6, 6.07) is 15.3. The van der Waals surface area contributed by atoms with E-state index >= 15 is 0 Å². The molecule has 4 nitrogen and oxygen atoms in total. The number of primary sulfonamides is 1. The quantitative estimate of drug-likeness (QED) is 0.838. The van der Waals surface area contributed by atoms with Crippen LogP contribution in [0.5, 0.6) is 5.75 Å². The summed E-state index contributed by atoms with van der Waals surface area (Å²) in [5, 5.41) is 5.25. The summed E-state index contributed by atoms with van der Waals surface area (Å²) in [4.78, 5) is 0.159. The summed E-state index contributed by atoms with van der Waals surface area (Å²) >= 11 is 0. The Hall–Kier alpha value is -2.11. The number of sulfonamides is 1. The molecule has 142 valence electrons. The highest BCUT2D eigenvalue weighted by molar-refractivity contribution is 7.89. The van der Waals surface area contributed by atoms with Gasteiger partial charge in [0.2, 0.25) is 10.0 Å². The van der Waals surface area contributed by atoms with Crippen molar-refractivity contribution in [3.8, 4) is 5.75 Å². The zero-order valence-corrected chi connectivity index (χ0v) is 16.4. The fraction of sp³-hybridized carbons (Fsp3) is 0.364. The molecule has 2 aliphatic carbocycles. The topological polar surface area (TPSA) is 69.4 Å². The van der Waals surface area contributed by atoms with Crippen LogP contribution in [0.25, 0.3) is 11.1 Å². The molecule has 4 rings (SSSR count). The van der Waals surface area contributed by atoms with E-state index in [1.165, 1.54) is 42.4 Å². The maximum absolute atomic E-state index is 11.6. The zero-order valence-electron chi connectivity index (χ0n) is 15.6. The molecule has 0 unspecified atom stereocenters. The lowest BCUT2D eigenvalue weighted by atomic mass is 9.81. The molecule has 1 spiro atoms. The highest BCUT2D eigenvalue weighted by atomic mass is 32.2. The first-order valence-corrected chi connectivity index (χ1v) is 10.9. The van der Waals surface area contributed by atoms with Crippen molar-refractivity contribution in [2.24, 2.45) is 10.6 Å². The molecule has 1 saturated carbocycles. The number of allylic oxidation sites excluding steroid dienone is 2. The van der Waals surface area contributed by atoms with Gasteiger partial charge in [0.15, 0.2) is 0 Å². The number of hydrogen-bond acceptors (Lipinski definition) is 3. The molecule has 0 aliphatic heterocycles. The molecule has 0 saturated heterocycles. The molecular formula is C22H25NO3S. The van der Waals surface area contributed by atoms with Gasteiger partial charge in [-0.05, 0) is 77.6 Å². The SMILES string of the molecule is COc1ccc(C2=C(c3ccc(S(N)(=O)=O)cc3)CC3(CCCC3)C2)cc1. The molecule has 0 bridgehead atoms. The lowest BCUT2D eigenvalue weighted by Crippen LogP contribution is -2.12. The van der Waals surface area contributed by atoms with E-state index in [0.29, 0.717) is 5.41 Å². The maximum Gasteiger partial charge on any atom is 0.238 e. The van der Waals surface area contributed by atoms with Crippen molar-refractivity contribution in [3.05, 3.63) is 59.7 Å². The van der Waals surface area contributed by atoms with Gasteiger partial charge in [0.25, 0.3) is 0 Å². The molecule has 5 heteroatoms. The van der Waals surface area contributed by atoms with Gasteiger partial charge in [0.1, 0.15) is 5.75 Å². The number of methoxy groups -OCH3 is 1. The fourth-order valence-corrected chi connectivity index (χ4v) is 5.21. The van der Waals surface area contributed by atoms with Crippen molar-refractivity contribution in [1.29, 1.82) is 0 Å². The maximum atomic E-state index is 11.6. The number of benzene rings is 2. The third-order valence-electron chi connectivity index (χ3n) is 6.10. The van der Waals surface area contributed by atoms with Crippen LogP contribution in [0.15, 0.2) is 53.4 Å². The van der Waals surface area contributed by atoms with Crippen LogP contribution in [0, 0.1) is 5.41 Å². The van der Waals surface area contributed by atoms with E-state index in [-0.39, 0.29) is 4.90 Å². The number of nitrogens with two attached hydrogens (primary N) is 1. The summed E-state index contributed by atoms with van der Waals surface area (Å²) < 4.78 is 28.4. The van der Waals surface area contributed by atoms with Crippen LogP contribution in [0.3, 0.4) is 0 Å². The lowest BCUT2D eigenvalue weighted by Gasteiger charge is -2.23. The minimum absolute atomic E-state index is 0.159. The molecule has 2 aliphatic rings. The van der Waals surface area contributed by atoms with Crippen LogP contribution in [-0.4, -0.2) is 15.5 Å². The Morgan fingerprint density at radius 3 is 1.78 bits per heavy atom. The Morgan fingerprint density at radius 1 is 0.852 bits per heavy atom. The van der Waals surface area contributed by atoms with E-state index in [2.05, 4.69) is 12.1 Å². The van der Waals surface area contributed by atoms with Gasteiger partial charge in [-0.2, -0.15) is 0 Å². The van der Waals surface area contributed by atoms with E-state index in [1.54, 1.807) is 19.2 Å². The van der Waals surface area contributed by atoms with E-state index in [9.17, 15) is 8.42 Å². The highest BCUT2D eigenvalue weighted by Crippen LogP contribution is 2.57. The monoisotopic (exact) mass is 383 g/mol. The molecule has 2 N–H and O–H groups in total. The smallest absolute Gasteiger partial charge is 0.238 e. The molecule has 2 aromatic carbocycles. The van der Waals surface area contributed by atoms with Crippen molar-refractivity contribution in [3.63, 3.8) is 0 Å². The third kappa shape index (κ3) is 3.54. The van der Waals surface area contributed by atoms with Gasteiger partial charge in [-0.1, -0.05) is 37.1 Å². The number of rotatable bonds is 4. The summed E-state index contributed by atoms with van der Waals surface area (Å²) in [5.74, 6) is 0.854. The molecule has 0 amide bonds. The van der Waals surface area contributed by atoms with Crippen molar-refractivity contribution in [1.82, 2.24) is 0 Å². The van der Waals surface area contributed by atoms with E-state index in [4.69, 9.17) is 9.88 Å². The minimum Gasteiger partial charge on any atom is -0.497 e. The Morgan fingerprint density at radius 2 is 1.33 bits per heavy atom. The second-order valence-electron chi connectivity index (χ2n) is 7.82. The first kappa shape index (κ1) is 18.3. The van der Waals surface area contributed by atoms with E-state index < -0.39 is 10.0 Å². The molecule has 27 heavy (non-hydrogen) atoms. The van der Waals surface area contributed by atoms with Crippen LogP contribution in [0.1, 0.15) is 49.7 Å². The van der Waals surface area contributed by atoms with Gasteiger partial charge in [-0.3, -0.25) is 0 Å². The Balaban J connectivity index is 1.76. The van der Waals surface area contributed by atoms with Gasteiger partial charge in [-0.15, -0.1) is 0 Å². The standard InChI is InChI=1S/C22H25NO3S/c1-26-18-8-4-16(5-9-18)20-14-22(12-2-3-13-22)15-21(20)17-6-10-19(11-7-17)27(23,24)25/h4-11H,2-3,12-15H2,1H3,(H2,23,24,25).